The topological polar surface area (TPSA) is 60.7 Å². The summed E-state index contributed by atoms with van der Waals surface area (Å²) in [6.45, 7) is 0. The molecule has 0 atom stereocenters. The summed E-state index contributed by atoms with van der Waals surface area (Å²) in [6.07, 6.45) is 0. The van der Waals surface area contributed by atoms with E-state index in [-0.39, 0.29) is 24.0 Å². The average Bonchev–Trinajstić information content (AvgIpc) is 0.811. The van der Waals surface area contributed by atoms with Gasteiger partial charge in [-0.15, -0.1) is 24.0 Å². The van der Waals surface area contributed by atoms with E-state index in [4.69, 9.17) is 15.1 Å². The van der Waals surface area contributed by atoms with Gasteiger partial charge in [0, 0.05) is 0 Å². The molecule has 5 heteroatoms. The Morgan fingerprint density at radius 1 is 1.00 bits per heavy atom. The van der Waals surface area contributed by atoms with Crippen LogP contribution in [0.3, 0.4) is 0 Å². The highest BCUT2D eigenvalue weighted by Crippen LogP contribution is 1.40. The van der Waals surface area contributed by atoms with Gasteiger partial charge in [0.25, 0.3) is 0 Å². The van der Waals surface area contributed by atoms with Gasteiger partial charge in [-0.1, -0.05) is 0 Å². The van der Waals surface area contributed by atoms with Crippen molar-refractivity contribution in [1.82, 2.24) is 0 Å². The monoisotopic (exact) mass is 190 g/mol. The first kappa shape index (κ1) is 9.18. The Balaban J connectivity index is 0. The predicted molar refractivity (Wildman–Crippen MR) is 27.8 cm³/mol. The van der Waals surface area contributed by atoms with Crippen molar-refractivity contribution in [2.45, 2.75) is 0 Å². The van der Waals surface area contributed by atoms with Crippen molar-refractivity contribution in [3.05, 3.63) is 0 Å². The molecule has 0 spiro atoms. The van der Waals surface area contributed by atoms with Crippen molar-refractivity contribution in [1.29, 1.82) is 0 Å². The molecular weight excluding hydrogens is 186 g/mol. The number of rotatable bonds is 0. The van der Waals surface area contributed by atoms with Crippen molar-refractivity contribution < 1.29 is 15.1 Å². The Morgan fingerprint density at radius 3 is 1.00 bits per heavy atom. The highest BCUT2D eigenvalue weighted by Gasteiger charge is 1.92. The molecule has 0 aromatic rings. The third-order valence-corrected chi connectivity index (χ3v) is 0. The zero-order chi connectivity index (χ0) is 3.58. The second-order valence-corrected chi connectivity index (χ2v) is 0.346. The molecule has 0 bridgehead atoms. The van der Waals surface area contributed by atoms with Crippen LogP contribution >= 0.6 is 24.0 Å². The second kappa shape index (κ2) is 4.67. The lowest BCUT2D eigenvalue weighted by molar-refractivity contribution is 0.278. The van der Waals surface area contributed by atoms with Gasteiger partial charge < -0.3 is 15.1 Å². The van der Waals surface area contributed by atoms with E-state index in [0.717, 1.165) is 0 Å². The molecule has 0 amide bonds. The Hall–Kier alpha value is 0.675. The minimum atomic E-state index is -2.17. The van der Waals surface area contributed by atoms with E-state index in [2.05, 4.69) is 0 Å². The molecule has 3 nitrogen and oxygen atoms in total. The van der Waals surface area contributed by atoms with Gasteiger partial charge in [0.05, 0.1) is 0 Å². The normalized spacial score (nSPS) is 5.40. The molecule has 0 aromatic carbocycles. The fraction of sp³-hybridized carbons (Fsp3) is 0. The molecule has 0 aromatic heterocycles. The molecule has 0 aliphatic heterocycles. The molecule has 0 aliphatic rings. The molecule has 3 N–H and O–H groups in total. The average molecular weight is 190 g/mol. The quantitative estimate of drug-likeness (QED) is 0.324. The largest absolute Gasteiger partial charge is 0.631 e. The Morgan fingerprint density at radius 2 is 1.00 bits per heavy atom. The molecule has 0 saturated carbocycles. The van der Waals surface area contributed by atoms with E-state index >= 15 is 0 Å². The van der Waals surface area contributed by atoms with E-state index in [0.29, 0.717) is 0 Å². The van der Waals surface area contributed by atoms with Crippen LogP contribution in [0.15, 0.2) is 0 Å². The first-order valence-corrected chi connectivity index (χ1v) is 0.775. The first-order chi connectivity index (χ1) is 1.73. The molecular formula is H4BIO3. The van der Waals surface area contributed by atoms with Gasteiger partial charge in [-0.3, -0.25) is 0 Å². The van der Waals surface area contributed by atoms with Gasteiger partial charge in [-0.05, 0) is 0 Å². The lowest BCUT2D eigenvalue weighted by atomic mass is 10.3. The molecule has 0 aliphatic carbocycles. The minimum absolute atomic E-state index is 0. The van der Waals surface area contributed by atoms with E-state index in [1.807, 2.05) is 0 Å². The summed E-state index contributed by atoms with van der Waals surface area (Å²) in [6, 6.07) is 0. The van der Waals surface area contributed by atoms with Gasteiger partial charge in [0.15, 0.2) is 0 Å². The van der Waals surface area contributed by atoms with Crippen molar-refractivity contribution in [2.75, 3.05) is 0 Å². The summed E-state index contributed by atoms with van der Waals surface area (Å²) < 4.78 is 0. The van der Waals surface area contributed by atoms with E-state index < -0.39 is 7.32 Å². The highest BCUT2D eigenvalue weighted by atomic mass is 127. The van der Waals surface area contributed by atoms with E-state index in [9.17, 15) is 0 Å². The molecule has 0 fully saturated rings. The fourth-order valence-electron chi connectivity index (χ4n) is 0. The Labute approximate surface area is 46.8 Å². The summed E-state index contributed by atoms with van der Waals surface area (Å²) in [5, 5.41) is 21.5. The van der Waals surface area contributed by atoms with Gasteiger partial charge in [-0.25, -0.2) is 0 Å². The van der Waals surface area contributed by atoms with Crippen molar-refractivity contribution in [3.8, 4) is 0 Å². The zero-order valence-corrected chi connectivity index (χ0v) is 4.66. The molecule has 0 saturated heterocycles. The van der Waals surface area contributed by atoms with Crippen LogP contribution < -0.4 is 0 Å². The standard InChI is InChI=1S/BH3O3.HI/c2-1(3)4;/h2-4H;1H. The summed E-state index contributed by atoms with van der Waals surface area (Å²) in [7, 11) is -2.17. The van der Waals surface area contributed by atoms with Crippen LogP contribution in [0.2, 0.25) is 0 Å². The van der Waals surface area contributed by atoms with Crippen LogP contribution in [0.25, 0.3) is 0 Å². The third-order valence-electron chi connectivity index (χ3n) is 0. The molecule has 0 unspecified atom stereocenters. The molecule has 32 valence electrons. The summed E-state index contributed by atoms with van der Waals surface area (Å²) in [4.78, 5) is 0. The van der Waals surface area contributed by atoms with Crippen LogP contribution in [0, 0.1) is 0 Å². The molecule has 0 rings (SSSR count). The predicted octanol–water partition coefficient (Wildman–Crippen LogP) is -1.43. The Bertz CT molecular complexity index is 11.6. The smallest absolute Gasteiger partial charge is 0.402 e. The van der Waals surface area contributed by atoms with Crippen molar-refractivity contribution >= 4 is 31.3 Å². The maximum absolute atomic E-state index is 7.17. The summed E-state index contributed by atoms with van der Waals surface area (Å²) >= 11 is 0. The van der Waals surface area contributed by atoms with Gasteiger partial charge in [-0.2, -0.15) is 0 Å². The summed E-state index contributed by atoms with van der Waals surface area (Å²) in [5.74, 6) is 0. The molecule has 0 radical (unpaired) electrons. The van der Waals surface area contributed by atoms with Crippen LogP contribution in [0.1, 0.15) is 0 Å². The fourth-order valence-corrected chi connectivity index (χ4v) is 0. The van der Waals surface area contributed by atoms with Crippen LogP contribution in [-0.2, 0) is 0 Å². The maximum Gasteiger partial charge on any atom is 0.631 e. The first-order valence-electron chi connectivity index (χ1n) is 0.775. The lowest BCUT2D eigenvalue weighted by Crippen LogP contribution is -2.07. The van der Waals surface area contributed by atoms with Gasteiger partial charge in [0.2, 0.25) is 0 Å². The number of hydrogen-bond donors (Lipinski definition) is 3. The second-order valence-electron chi connectivity index (χ2n) is 0.346. The van der Waals surface area contributed by atoms with Gasteiger partial charge in [0.1, 0.15) is 0 Å². The van der Waals surface area contributed by atoms with Gasteiger partial charge >= 0.3 is 7.32 Å². The number of hydrogen-bond acceptors (Lipinski definition) is 3. The lowest BCUT2D eigenvalue weighted by Gasteiger charge is -1.69. The molecule has 5 heavy (non-hydrogen) atoms. The summed E-state index contributed by atoms with van der Waals surface area (Å²) in [5.41, 5.74) is 0. The van der Waals surface area contributed by atoms with Crippen LogP contribution in [0.4, 0.5) is 0 Å². The van der Waals surface area contributed by atoms with Crippen molar-refractivity contribution in [2.24, 2.45) is 0 Å². The highest BCUT2D eigenvalue weighted by molar-refractivity contribution is 14.0. The SMILES string of the molecule is I.OB(O)O. The van der Waals surface area contributed by atoms with Crippen molar-refractivity contribution in [3.63, 3.8) is 0 Å². The minimum Gasteiger partial charge on any atom is -0.402 e. The van der Waals surface area contributed by atoms with Crippen LogP contribution in [0.5, 0.6) is 0 Å². The number of halogens is 1. The Kier molecular flexibility index (Phi) is 8.59. The van der Waals surface area contributed by atoms with E-state index in [1.54, 1.807) is 0 Å². The van der Waals surface area contributed by atoms with E-state index in [1.165, 1.54) is 0 Å². The molecule has 0 heterocycles. The zero-order valence-electron chi connectivity index (χ0n) is 2.33. The van der Waals surface area contributed by atoms with Crippen LogP contribution in [-0.4, -0.2) is 22.4 Å². The third kappa shape index (κ3) is 73.4. The maximum atomic E-state index is 7.17.